The van der Waals surface area contributed by atoms with E-state index in [-0.39, 0.29) is 0 Å². The average molecular weight is 225 g/mol. The third-order valence-corrected chi connectivity index (χ3v) is 3.92. The van der Waals surface area contributed by atoms with Crippen LogP contribution in [0.15, 0.2) is 11.4 Å². The lowest BCUT2D eigenvalue weighted by atomic mass is 9.93. The molecule has 0 bridgehead atoms. The van der Waals surface area contributed by atoms with Crippen LogP contribution in [-0.4, -0.2) is 6.54 Å². The molecule has 0 amide bonds. The molecule has 2 heteroatoms. The lowest BCUT2D eigenvalue weighted by Crippen LogP contribution is -2.27. The molecule has 2 unspecified atom stereocenters. The molecule has 1 heterocycles. The quantitative estimate of drug-likeness (QED) is 0.767. The Bertz CT molecular complexity index is 280. The first-order chi connectivity index (χ1) is 7.20. The molecule has 1 rings (SSSR count). The zero-order chi connectivity index (χ0) is 11.3. The van der Waals surface area contributed by atoms with Crippen molar-refractivity contribution in [2.45, 2.75) is 46.6 Å². The zero-order valence-corrected chi connectivity index (χ0v) is 11.2. The summed E-state index contributed by atoms with van der Waals surface area (Å²) in [7, 11) is 0. The van der Waals surface area contributed by atoms with Crippen LogP contribution in [0.1, 0.15) is 50.1 Å². The van der Waals surface area contributed by atoms with E-state index in [9.17, 15) is 0 Å². The van der Waals surface area contributed by atoms with Crippen molar-refractivity contribution in [3.8, 4) is 0 Å². The van der Waals surface area contributed by atoms with Crippen LogP contribution in [0.4, 0.5) is 0 Å². The first-order valence-electron chi connectivity index (χ1n) is 5.98. The van der Waals surface area contributed by atoms with Crippen molar-refractivity contribution in [3.63, 3.8) is 0 Å². The predicted octanol–water partition coefficient (Wildman–Crippen LogP) is 4.14. The van der Waals surface area contributed by atoms with E-state index < -0.39 is 0 Å². The SMILES string of the molecule is CCCNC(c1ccsc1C)C(C)CC. The summed E-state index contributed by atoms with van der Waals surface area (Å²) in [5, 5.41) is 5.87. The monoisotopic (exact) mass is 225 g/mol. The molecule has 1 aromatic heterocycles. The normalized spacial score (nSPS) is 15.2. The second-order valence-electron chi connectivity index (χ2n) is 4.25. The second-order valence-corrected chi connectivity index (χ2v) is 5.37. The fraction of sp³-hybridized carbons (Fsp3) is 0.692. The Morgan fingerprint density at radius 2 is 2.13 bits per heavy atom. The summed E-state index contributed by atoms with van der Waals surface area (Å²) in [6.07, 6.45) is 2.44. The van der Waals surface area contributed by atoms with Gasteiger partial charge in [-0.15, -0.1) is 11.3 Å². The molecule has 0 saturated heterocycles. The molecule has 0 aliphatic carbocycles. The van der Waals surface area contributed by atoms with Gasteiger partial charge in [0.2, 0.25) is 0 Å². The van der Waals surface area contributed by atoms with Gasteiger partial charge in [0.15, 0.2) is 0 Å². The van der Waals surface area contributed by atoms with Gasteiger partial charge in [-0.2, -0.15) is 0 Å². The lowest BCUT2D eigenvalue weighted by Gasteiger charge is -2.24. The van der Waals surface area contributed by atoms with Gasteiger partial charge in [0.1, 0.15) is 0 Å². The van der Waals surface area contributed by atoms with Crippen LogP contribution >= 0.6 is 11.3 Å². The molecule has 0 aromatic carbocycles. The summed E-state index contributed by atoms with van der Waals surface area (Å²) in [4.78, 5) is 1.46. The standard InChI is InChI=1S/C13H23NS/c1-5-8-14-13(10(3)6-2)12-7-9-15-11(12)4/h7,9-10,13-14H,5-6,8H2,1-4H3. The summed E-state index contributed by atoms with van der Waals surface area (Å²) < 4.78 is 0. The number of hydrogen-bond donors (Lipinski definition) is 1. The van der Waals surface area contributed by atoms with Crippen LogP contribution in [-0.2, 0) is 0 Å². The highest BCUT2D eigenvalue weighted by Crippen LogP contribution is 2.29. The van der Waals surface area contributed by atoms with Crippen LogP contribution < -0.4 is 5.32 Å². The maximum Gasteiger partial charge on any atom is 0.0356 e. The van der Waals surface area contributed by atoms with Crippen molar-refractivity contribution in [1.82, 2.24) is 5.32 Å². The Balaban J connectivity index is 2.76. The van der Waals surface area contributed by atoms with E-state index in [4.69, 9.17) is 0 Å². The highest BCUT2D eigenvalue weighted by molar-refractivity contribution is 7.10. The highest BCUT2D eigenvalue weighted by Gasteiger charge is 2.19. The van der Waals surface area contributed by atoms with Crippen LogP contribution in [0.3, 0.4) is 0 Å². The molecule has 1 N–H and O–H groups in total. The van der Waals surface area contributed by atoms with Gasteiger partial charge in [0.25, 0.3) is 0 Å². The zero-order valence-electron chi connectivity index (χ0n) is 10.3. The lowest BCUT2D eigenvalue weighted by molar-refractivity contribution is 0.377. The molecule has 2 atom stereocenters. The summed E-state index contributed by atoms with van der Waals surface area (Å²) >= 11 is 1.85. The van der Waals surface area contributed by atoms with Crippen LogP contribution in [0.5, 0.6) is 0 Å². The molecule has 15 heavy (non-hydrogen) atoms. The molecule has 0 radical (unpaired) electrons. The number of rotatable bonds is 6. The Morgan fingerprint density at radius 3 is 2.60 bits per heavy atom. The number of hydrogen-bond acceptors (Lipinski definition) is 2. The summed E-state index contributed by atoms with van der Waals surface area (Å²) in [5.41, 5.74) is 1.50. The summed E-state index contributed by atoms with van der Waals surface area (Å²) in [6.45, 7) is 10.2. The molecule has 0 saturated carbocycles. The predicted molar refractivity (Wildman–Crippen MR) is 69.5 cm³/mol. The third kappa shape index (κ3) is 3.32. The van der Waals surface area contributed by atoms with Gasteiger partial charge in [0, 0.05) is 10.9 Å². The van der Waals surface area contributed by atoms with Crippen molar-refractivity contribution in [2.24, 2.45) is 5.92 Å². The average Bonchev–Trinajstić information content (AvgIpc) is 2.65. The topological polar surface area (TPSA) is 12.0 Å². The third-order valence-electron chi connectivity index (χ3n) is 3.06. The Morgan fingerprint density at radius 1 is 1.40 bits per heavy atom. The van der Waals surface area contributed by atoms with Gasteiger partial charge in [0.05, 0.1) is 0 Å². The van der Waals surface area contributed by atoms with E-state index in [1.807, 2.05) is 11.3 Å². The van der Waals surface area contributed by atoms with Crippen molar-refractivity contribution in [3.05, 3.63) is 21.9 Å². The van der Waals surface area contributed by atoms with E-state index >= 15 is 0 Å². The van der Waals surface area contributed by atoms with Crippen molar-refractivity contribution in [2.75, 3.05) is 6.54 Å². The minimum Gasteiger partial charge on any atom is -0.310 e. The fourth-order valence-electron chi connectivity index (χ4n) is 1.87. The van der Waals surface area contributed by atoms with Crippen molar-refractivity contribution < 1.29 is 0 Å². The Labute approximate surface area is 97.9 Å². The molecule has 0 aliphatic heterocycles. The van der Waals surface area contributed by atoms with Crippen molar-refractivity contribution in [1.29, 1.82) is 0 Å². The van der Waals surface area contributed by atoms with E-state index in [1.165, 1.54) is 23.3 Å². The molecule has 0 aliphatic rings. The molecule has 0 spiro atoms. The van der Waals surface area contributed by atoms with E-state index in [0.29, 0.717) is 12.0 Å². The number of aryl methyl sites for hydroxylation is 1. The highest BCUT2D eigenvalue weighted by atomic mass is 32.1. The largest absolute Gasteiger partial charge is 0.310 e. The number of thiophene rings is 1. The van der Waals surface area contributed by atoms with Crippen LogP contribution in [0.25, 0.3) is 0 Å². The smallest absolute Gasteiger partial charge is 0.0356 e. The summed E-state index contributed by atoms with van der Waals surface area (Å²) in [5.74, 6) is 0.713. The van der Waals surface area contributed by atoms with Crippen molar-refractivity contribution >= 4 is 11.3 Å². The van der Waals surface area contributed by atoms with Gasteiger partial charge in [-0.05, 0) is 42.8 Å². The molecule has 1 nitrogen and oxygen atoms in total. The second kappa shape index (κ2) is 6.29. The minimum atomic E-state index is 0.543. The number of nitrogens with one attached hydrogen (secondary N) is 1. The maximum atomic E-state index is 3.67. The van der Waals surface area contributed by atoms with Gasteiger partial charge >= 0.3 is 0 Å². The molecular formula is C13H23NS. The summed E-state index contributed by atoms with van der Waals surface area (Å²) in [6, 6.07) is 2.82. The first kappa shape index (κ1) is 12.7. The van der Waals surface area contributed by atoms with E-state index in [2.05, 4.69) is 44.5 Å². The molecular weight excluding hydrogens is 202 g/mol. The maximum absolute atomic E-state index is 3.67. The molecule has 1 aromatic rings. The Hall–Kier alpha value is -0.340. The molecule has 86 valence electrons. The van der Waals surface area contributed by atoms with Gasteiger partial charge < -0.3 is 5.32 Å². The van der Waals surface area contributed by atoms with Crippen LogP contribution in [0.2, 0.25) is 0 Å². The van der Waals surface area contributed by atoms with E-state index in [0.717, 1.165) is 6.54 Å². The van der Waals surface area contributed by atoms with E-state index in [1.54, 1.807) is 0 Å². The Kier molecular flexibility index (Phi) is 5.34. The first-order valence-corrected chi connectivity index (χ1v) is 6.86. The minimum absolute atomic E-state index is 0.543. The van der Waals surface area contributed by atoms with Gasteiger partial charge in [-0.25, -0.2) is 0 Å². The van der Waals surface area contributed by atoms with Crippen LogP contribution in [0, 0.1) is 12.8 Å². The fourth-order valence-corrected chi connectivity index (χ4v) is 2.62. The molecule has 0 fully saturated rings. The van der Waals surface area contributed by atoms with Gasteiger partial charge in [-0.1, -0.05) is 27.2 Å². The van der Waals surface area contributed by atoms with Gasteiger partial charge in [-0.3, -0.25) is 0 Å².